The van der Waals surface area contributed by atoms with Gasteiger partial charge in [-0.3, -0.25) is 0 Å². The van der Waals surface area contributed by atoms with Gasteiger partial charge in [0.1, 0.15) is 0 Å². The van der Waals surface area contributed by atoms with Gasteiger partial charge in [-0.15, -0.1) is 0 Å². The molecule has 0 bridgehead atoms. The molecule has 0 amide bonds. The minimum atomic E-state index is -0.174. The van der Waals surface area contributed by atoms with Gasteiger partial charge >= 0.3 is 80.6 Å². The summed E-state index contributed by atoms with van der Waals surface area (Å²) in [6.07, 6.45) is 0. The average molecular weight is 224 g/mol. The fourth-order valence-electron chi connectivity index (χ4n) is 1.02. The van der Waals surface area contributed by atoms with E-state index in [9.17, 15) is 0 Å². The first kappa shape index (κ1) is 9.41. The van der Waals surface area contributed by atoms with E-state index in [2.05, 4.69) is 51.3 Å². The van der Waals surface area contributed by atoms with E-state index < -0.39 is 0 Å². The number of hydrogen-bond donors (Lipinski definition) is 0. The fraction of sp³-hybridized carbons (Fsp3) is 0.300. The van der Waals surface area contributed by atoms with Gasteiger partial charge in [0, 0.05) is 0 Å². The molecule has 0 saturated heterocycles. The van der Waals surface area contributed by atoms with Gasteiger partial charge in [0.15, 0.2) is 0 Å². The molecule has 0 heterocycles. The van der Waals surface area contributed by atoms with Crippen LogP contribution in [0, 0.1) is 0 Å². The molecule has 0 saturated carbocycles. The van der Waals surface area contributed by atoms with E-state index >= 15 is 0 Å². The molecule has 1 aromatic carbocycles. The van der Waals surface area contributed by atoms with Crippen LogP contribution < -0.4 is 0 Å². The second-order valence-corrected chi connectivity index (χ2v) is 3.51. The van der Waals surface area contributed by atoms with Crippen LogP contribution in [0.25, 0.3) is 0 Å². The Morgan fingerprint density at radius 3 is 2.33 bits per heavy atom. The summed E-state index contributed by atoms with van der Waals surface area (Å²) in [5.74, 6) is 0. The molecule has 0 aromatic heterocycles. The van der Waals surface area contributed by atoms with Crippen LogP contribution in [0.5, 0.6) is 0 Å². The molecule has 0 radical (unpaired) electrons. The second-order valence-electron chi connectivity index (χ2n) is 3.13. The van der Waals surface area contributed by atoms with E-state index in [-0.39, 0.29) is 5.54 Å². The van der Waals surface area contributed by atoms with Crippen molar-refractivity contribution in [3.8, 4) is 0 Å². The molecule has 0 aliphatic rings. The van der Waals surface area contributed by atoms with Gasteiger partial charge in [-0.2, -0.15) is 0 Å². The Hall–Kier alpha value is -0.681. The molecule has 0 aliphatic carbocycles. The average Bonchev–Trinajstić information content (AvgIpc) is 2.06. The Kier molecular flexibility index (Phi) is 2.99. The molecule has 12 heavy (non-hydrogen) atoms. The van der Waals surface area contributed by atoms with Crippen LogP contribution in [0.2, 0.25) is 0 Å². The zero-order chi connectivity index (χ0) is 9.03. The molecule has 2 heteroatoms. The van der Waals surface area contributed by atoms with E-state index in [1.54, 1.807) is 0 Å². The van der Waals surface area contributed by atoms with Crippen LogP contribution in [0.15, 0.2) is 35.3 Å². The molecule has 1 rings (SSSR count). The third-order valence-electron chi connectivity index (χ3n) is 1.81. The SMILES string of the molecule is CC(C)(N=C=[Se])c1ccccc1. The summed E-state index contributed by atoms with van der Waals surface area (Å²) < 4.78 is 2.71. The van der Waals surface area contributed by atoms with Gasteiger partial charge in [0.25, 0.3) is 0 Å². The van der Waals surface area contributed by atoms with Crippen molar-refractivity contribution in [3.63, 3.8) is 0 Å². The molecule has 1 nitrogen and oxygen atoms in total. The van der Waals surface area contributed by atoms with Crippen LogP contribution in [0.3, 0.4) is 0 Å². The maximum atomic E-state index is 4.22. The molecule has 0 fully saturated rings. The Morgan fingerprint density at radius 1 is 1.25 bits per heavy atom. The molecular formula is C10H11NSe. The van der Waals surface area contributed by atoms with Crippen molar-refractivity contribution >= 4 is 20.3 Å². The predicted octanol–water partition coefficient (Wildman–Crippen LogP) is 2.00. The summed E-state index contributed by atoms with van der Waals surface area (Å²) in [7, 11) is 0. The van der Waals surface area contributed by atoms with E-state index in [0.29, 0.717) is 0 Å². The van der Waals surface area contributed by atoms with Crippen LogP contribution in [0.1, 0.15) is 19.4 Å². The Balaban J connectivity index is 3.05. The number of rotatable bonds is 2. The maximum absolute atomic E-state index is 4.22. The Morgan fingerprint density at radius 2 is 1.83 bits per heavy atom. The summed E-state index contributed by atoms with van der Waals surface area (Å²) in [5.41, 5.74) is 1.03. The van der Waals surface area contributed by atoms with E-state index in [1.807, 2.05) is 18.2 Å². The first-order valence-corrected chi connectivity index (χ1v) is 4.67. The van der Waals surface area contributed by atoms with Crippen molar-refractivity contribution in [3.05, 3.63) is 35.9 Å². The van der Waals surface area contributed by atoms with Crippen molar-refractivity contribution in [1.82, 2.24) is 0 Å². The molecule has 0 unspecified atom stereocenters. The summed E-state index contributed by atoms with van der Waals surface area (Å²) in [6, 6.07) is 10.2. The third-order valence-corrected chi connectivity index (χ3v) is 2.00. The molecule has 62 valence electrons. The summed E-state index contributed by atoms with van der Waals surface area (Å²) in [4.78, 5) is 4.22. The zero-order valence-corrected chi connectivity index (χ0v) is 8.96. The van der Waals surface area contributed by atoms with Gasteiger partial charge in [-0.05, 0) is 0 Å². The van der Waals surface area contributed by atoms with Crippen LogP contribution in [-0.2, 0) is 5.54 Å². The first-order chi connectivity index (χ1) is 5.67. The van der Waals surface area contributed by atoms with Crippen molar-refractivity contribution in [2.75, 3.05) is 0 Å². The molecule has 0 aliphatic heterocycles. The number of nitrogens with zero attached hydrogens (tertiary/aromatic N) is 1. The summed E-state index contributed by atoms with van der Waals surface area (Å²) in [5, 5.41) is 0. The fourth-order valence-corrected chi connectivity index (χ4v) is 1.50. The van der Waals surface area contributed by atoms with Crippen molar-refractivity contribution < 1.29 is 0 Å². The molecule has 0 atom stereocenters. The van der Waals surface area contributed by atoms with Crippen molar-refractivity contribution in [2.45, 2.75) is 19.4 Å². The second kappa shape index (κ2) is 3.82. The molecule has 1 aromatic rings. The molecule has 0 N–H and O–H groups in total. The van der Waals surface area contributed by atoms with E-state index in [0.717, 1.165) is 0 Å². The topological polar surface area (TPSA) is 12.4 Å². The van der Waals surface area contributed by atoms with Crippen LogP contribution >= 0.6 is 0 Å². The normalized spacial score (nSPS) is 10.5. The van der Waals surface area contributed by atoms with Gasteiger partial charge in [0.05, 0.1) is 0 Å². The summed E-state index contributed by atoms with van der Waals surface area (Å²) >= 11 is 2.65. The van der Waals surface area contributed by atoms with E-state index in [1.165, 1.54) is 5.56 Å². The Labute approximate surface area is 80.9 Å². The monoisotopic (exact) mass is 225 g/mol. The van der Waals surface area contributed by atoms with Gasteiger partial charge < -0.3 is 0 Å². The minimum absolute atomic E-state index is 0.174. The van der Waals surface area contributed by atoms with Crippen LogP contribution in [0.4, 0.5) is 0 Å². The third kappa shape index (κ3) is 2.15. The van der Waals surface area contributed by atoms with Gasteiger partial charge in [0.2, 0.25) is 0 Å². The number of hydrogen-bond acceptors (Lipinski definition) is 1. The quantitative estimate of drug-likeness (QED) is 0.538. The van der Waals surface area contributed by atoms with Crippen LogP contribution in [-0.4, -0.2) is 20.3 Å². The van der Waals surface area contributed by atoms with Crippen molar-refractivity contribution in [2.24, 2.45) is 4.99 Å². The number of benzene rings is 1. The zero-order valence-electron chi connectivity index (χ0n) is 7.24. The molecule has 0 spiro atoms. The molecular weight excluding hydrogens is 213 g/mol. The Bertz CT molecular complexity index is 297. The van der Waals surface area contributed by atoms with Gasteiger partial charge in [-0.1, -0.05) is 0 Å². The first-order valence-electron chi connectivity index (χ1n) is 3.81. The predicted molar refractivity (Wildman–Crippen MR) is 52.7 cm³/mol. The van der Waals surface area contributed by atoms with Crippen molar-refractivity contribution in [1.29, 1.82) is 0 Å². The summed E-state index contributed by atoms with van der Waals surface area (Å²) in [6.45, 7) is 4.12. The van der Waals surface area contributed by atoms with E-state index in [4.69, 9.17) is 0 Å². The van der Waals surface area contributed by atoms with Gasteiger partial charge in [-0.25, -0.2) is 0 Å². The standard InChI is InChI=1S/C10H11NSe/c1-10(2,11-8-12)9-6-4-3-5-7-9/h3-7H,1-2H3. The number of aliphatic imine (C=N–C) groups is 1.